The normalized spacial score (nSPS) is 17.1. The van der Waals surface area contributed by atoms with Crippen molar-refractivity contribution >= 4 is 15.9 Å². The lowest BCUT2D eigenvalue weighted by atomic mass is 10.0. The highest BCUT2D eigenvalue weighted by atomic mass is 32.2. The van der Waals surface area contributed by atoms with Crippen LogP contribution in [0.2, 0.25) is 0 Å². The molecule has 0 bridgehead atoms. The molecule has 146 valence electrons. The van der Waals surface area contributed by atoms with Gasteiger partial charge in [-0.3, -0.25) is 4.79 Å². The molecule has 1 aromatic carbocycles. The first-order valence-electron chi connectivity index (χ1n) is 8.88. The van der Waals surface area contributed by atoms with Crippen molar-refractivity contribution in [3.05, 3.63) is 23.8 Å². The summed E-state index contributed by atoms with van der Waals surface area (Å²) in [4.78, 5) is 12.6. The number of morpholine rings is 1. The monoisotopic (exact) mass is 384 g/mol. The van der Waals surface area contributed by atoms with Crippen LogP contribution < -0.4 is 10.1 Å². The molecule has 0 aromatic heterocycles. The van der Waals surface area contributed by atoms with Crippen molar-refractivity contribution in [1.82, 2.24) is 9.62 Å². The number of nitrogens with one attached hydrogen (secondary N) is 1. The lowest BCUT2D eigenvalue weighted by Gasteiger charge is -2.27. The molecule has 1 fully saturated rings. The number of carbonyl (C=O) groups excluding carboxylic acids is 1. The Morgan fingerprint density at radius 2 is 1.96 bits per heavy atom. The van der Waals surface area contributed by atoms with Gasteiger partial charge in [0, 0.05) is 24.7 Å². The Morgan fingerprint density at radius 1 is 1.31 bits per heavy atom. The van der Waals surface area contributed by atoms with Crippen molar-refractivity contribution in [2.45, 2.75) is 38.1 Å². The van der Waals surface area contributed by atoms with E-state index in [4.69, 9.17) is 9.47 Å². The molecule has 0 spiro atoms. The SMILES string of the molecule is CCC(NC(=O)c1ccc(OC)c(S(=O)(=O)N2CCOCC2)c1)C(C)C. The van der Waals surface area contributed by atoms with Gasteiger partial charge in [-0.1, -0.05) is 20.8 Å². The number of amides is 1. The second-order valence-electron chi connectivity index (χ2n) is 6.61. The highest BCUT2D eigenvalue weighted by Crippen LogP contribution is 2.28. The van der Waals surface area contributed by atoms with Crippen molar-refractivity contribution in [2.24, 2.45) is 5.92 Å². The second kappa shape index (κ2) is 8.83. The van der Waals surface area contributed by atoms with Crippen molar-refractivity contribution in [2.75, 3.05) is 33.4 Å². The highest BCUT2D eigenvalue weighted by molar-refractivity contribution is 7.89. The van der Waals surface area contributed by atoms with E-state index in [1.165, 1.54) is 23.5 Å². The number of hydrogen-bond donors (Lipinski definition) is 1. The van der Waals surface area contributed by atoms with Crippen LogP contribution >= 0.6 is 0 Å². The quantitative estimate of drug-likeness (QED) is 0.776. The maximum atomic E-state index is 13.0. The maximum absolute atomic E-state index is 13.0. The Labute approximate surface area is 155 Å². The van der Waals surface area contributed by atoms with E-state index >= 15 is 0 Å². The fourth-order valence-electron chi connectivity index (χ4n) is 2.94. The largest absolute Gasteiger partial charge is 0.495 e. The molecule has 0 aliphatic carbocycles. The first kappa shape index (κ1) is 20.7. The van der Waals surface area contributed by atoms with Gasteiger partial charge in [0.05, 0.1) is 20.3 Å². The minimum absolute atomic E-state index is 0.00662. The molecule has 7 nitrogen and oxygen atoms in total. The van der Waals surface area contributed by atoms with E-state index in [0.717, 1.165) is 6.42 Å². The van der Waals surface area contributed by atoms with Crippen LogP contribution in [-0.2, 0) is 14.8 Å². The number of benzene rings is 1. The molecule has 0 saturated carbocycles. The first-order valence-corrected chi connectivity index (χ1v) is 10.3. The van der Waals surface area contributed by atoms with Gasteiger partial charge in [-0.2, -0.15) is 4.31 Å². The minimum atomic E-state index is -3.76. The number of nitrogens with zero attached hydrogens (tertiary/aromatic N) is 1. The van der Waals surface area contributed by atoms with E-state index in [1.54, 1.807) is 6.07 Å². The van der Waals surface area contributed by atoms with Gasteiger partial charge in [-0.15, -0.1) is 0 Å². The number of carbonyl (C=O) groups is 1. The molecule has 2 rings (SSSR count). The van der Waals surface area contributed by atoms with E-state index in [-0.39, 0.29) is 35.7 Å². The Kier molecular flexibility index (Phi) is 7.02. The van der Waals surface area contributed by atoms with Crippen molar-refractivity contribution in [3.8, 4) is 5.75 Å². The van der Waals surface area contributed by atoms with Crippen LogP contribution in [0.5, 0.6) is 5.75 Å². The summed E-state index contributed by atoms with van der Waals surface area (Å²) in [6.45, 7) is 7.36. The number of methoxy groups -OCH3 is 1. The molecule has 1 aliphatic rings. The van der Waals surface area contributed by atoms with Crippen LogP contribution in [-0.4, -0.2) is 58.1 Å². The topological polar surface area (TPSA) is 84.9 Å². The average Bonchev–Trinajstić information content (AvgIpc) is 2.65. The highest BCUT2D eigenvalue weighted by Gasteiger charge is 2.30. The van der Waals surface area contributed by atoms with E-state index in [2.05, 4.69) is 5.32 Å². The fraction of sp³-hybridized carbons (Fsp3) is 0.611. The summed E-state index contributed by atoms with van der Waals surface area (Å²) in [5.41, 5.74) is 0.303. The molecule has 1 atom stereocenters. The van der Waals surface area contributed by atoms with Crippen LogP contribution in [0.25, 0.3) is 0 Å². The van der Waals surface area contributed by atoms with Crippen molar-refractivity contribution in [3.63, 3.8) is 0 Å². The van der Waals surface area contributed by atoms with Crippen LogP contribution in [0.15, 0.2) is 23.1 Å². The summed E-state index contributed by atoms with van der Waals surface area (Å²) < 4.78 is 37.8. The molecule has 0 radical (unpaired) electrons. The molecular formula is C18H28N2O5S. The zero-order valence-corrected chi connectivity index (χ0v) is 16.6. The van der Waals surface area contributed by atoms with Crippen molar-refractivity contribution < 1.29 is 22.7 Å². The molecule has 1 aliphatic heterocycles. The van der Waals surface area contributed by atoms with Gasteiger partial charge < -0.3 is 14.8 Å². The van der Waals surface area contributed by atoms with Gasteiger partial charge >= 0.3 is 0 Å². The molecule has 1 unspecified atom stereocenters. The zero-order valence-electron chi connectivity index (χ0n) is 15.8. The van der Waals surface area contributed by atoms with Crippen LogP contribution in [0.3, 0.4) is 0 Å². The van der Waals surface area contributed by atoms with Gasteiger partial charge in [-0.25, -0.2) is 8.42 Å². The molecule has 1 N–H and O–H groups in total. The third-order valence-corrected chi connectivity index (χ3v) is 6.49. The number of rotatable bonds is 7. The van der Waals surface area contributed by atoms with E-state index < -0.39 is 10.0 Å². The average molecular weight is 384 g/mol. The molecule has 1 saturated heterocycles. The molecule has 1 aromatic rings. The van der Waals surface area contributed by atoms with Gasteiger partial charge in [0.1, 0.15) is 10.6 Å². The summed E-state index contributed by atoms with van der Waals surface area (Å²) in [5.74, 6) is 0.231. The number of ether oxygens (including phenoxy) is 2. The minimum Gasteiger partial charge on any atom is -0.495 e. The summed E-state index contributed by atoms with van der Waals surface area (Å²) in [7, 11) is -2.35. The van der Waals surface area contributed by atoms with Gasteiger partial charge in [0.15, 0.2) is 0 Å². The van der Waals surface area contributed by atoms with Gasteiger partial charge in [0.25, 0.3) is 5.91 Å². The molecule has 8 heteroatoms. The third-order valence-electron chi connectivity index (χ3n) is 4.57. The van der Waals surface area contributed by atoms with E-state index in [9.17, 15) is 13.2 Å². The van der Waals surface area contributed by atoms with Crippen LogP contribution in [0.4, 0.5) is 0 Å². The summed E-state index contributed by atoms with van der Waals surface area (Å²) in [5, 5.41) is 2.97. The number of hydrogen-bond acceptors (Lipinski definition) is 5. The zero-order chi connectivity index (χ0) is 19.3. The maximum Gasteiger partial charge on any atom is 0.251 e. The summed E-state index contributed by atoms with van der Waals surface area (Å²) >= 11 is 0. The summed E-state index contributed by atoms with van der Waals surface area (Å²) in [6.07, 6.45) is 0.804. The Morgan fingerprint density at radius 3 is 2.50 bits per heavy atom. The number of sulfonamides is 1. The van der Waals surface area contributed by atoms with Crippen molar-refractivity contribution in [1.29, 1.82) is 0 Å². The van der Waals surface area contributed by atoms with E-state index in [0.29, 0.717) is 24.7 Å². The Bertz CT molecular complexity index is 727. The molecule has 1 heterocycles. The lowest BCUT2D eigenvalue weighted by molar-refractivity contribution is 0.0729. The van der Waals surface area contributed by atoms with Gasteiger partial charge in [0.2, 0.25) is 10.0 Å². The smallest absolute Gasteiger partial charge is 0.251 e. The molecule has 1 amide bonds. The predicted molar refractivity (Wildman–Crippen MR) is 99.0 cm³/mol. The van der Waals surface area contributed by atoms with Crippen LogP contribution in [0, 0.1) is 5.92 Å². The lowest BCUT2D eigenvalue weighted by Crippen LogP contribution is -2.41. The van der Waals surface area contributed by atoms with E-state index in [1.807, 2.05) is 20.8 Å². The standard InChI is InChI=1S/C18H28N2O5S/c1-5-15(13(2)3)19-18(21)14-6-7-16(24-4)17(12-14)26(22,23)20-8-10-25-11-9-20/h6-7,12-13,15H,5,8-11H2,1-4H3,(H,19,21). The fourth-order valence-corrected chi connectivity index (χ4v) is 4.53. The predicted octanol–water partition coefficient (Wildman–Crippen LogP) is 1.88. The van der Waals surface area contributed by atoms with Gasteiger partial charge in [-0.05, 0) is 30.5 Å². The third kappa shape index (κ3) is 4.55. The molecule has 26 heavy (non-hydrogen) atoms. The summed E-state index contributed by atoms with van der Waals surface area (Å²) in [6, 6.07) is 4.54. The first-order chi connectivity index (χ1) is 12.3. The Hall–Kier alpha value is -1.64. The second-order valence-corrected chi connectivity index (χ2v) is 8.52. The molecular weight excluding hydrogens is 356 g/mol. The van der Waals surface area contributed by atoms with Crippen LogP contribution in [0.1, 0.15) is 37.6 Å². The Balaban J connectivity index is 2.34.